The Kier molecular flexibility index (Phi) is 10.5. The van der Waals surface area contributed by atoms with Gasteiger partial charge in [-0.05, 0) is 71.1 Å². The summed E-state index contributed by atoms with van der Waals surface area (Å²) in [7, 11) is -0.275. The number of aromatic nitrogens is 1. The van der Waals surface area contributed by atoms with Gasteiger partial charge < -0.3 is 9.47 Å². The minimum atomic E-state index is -3.59. The molecule has 11 heteroatoms. The van der Waals surface area contributed by atoms with E-state index in [0.29, 0.717) is 11.0 Å². The van der Waals surface area contributed by atoms with Gasteiger partial charge in [-0.2, -0.15) is 0 Å². The van der Waals surface area contributed by atoms with Crippen LogP contribution in [0.15, 0.2) is 33.8 Å². The number of fused-ring (bicyclic) bond motifs is 1. The lowest BCUT2D eigenvalue weighted by molar-refractivity contribution is 0.247. The largest absolute Gasteiger partial charge is 0.493 e. The Bertz CT molecular complexity index is 1020. The fourth-order valence-corrected chi connectivity index (χ4v) is 5.26. The van der Waals surface area contributed by atoms with Crippen LogP contribution in [-0.2, 0) is 23.0 Å². The molecule has 0 aliphatic carbocycles. The van der Waals surface area contributed by atoms with Crippen LogP contribution in [0.1, 0.15) is 30.4 Å². The van der Waals surface area contributed by atoms with Crippen molar-refractivity contribution in [2.75, 3.05) is 33.9 Å². The van der Waals surface area contributed by atoms with Crippen molar-refractivity contribution in [1.29, 1.82) is 0 Å². The van der Waals surface area contributed by atoms with Gasteiger partial charge in [-0.1, -0.05) is 18.0 Å². The minimum absolute atomic E-state index is 0. The number of nitrogens with zero attached hydrogens (tertiary/aromatic N) is 2. The number of hydrogen-bond donors (Lipinski definition) is 1. The summed E-state index contributed by atoms with van der Waals surface area (Å²) in [5, 5.41) is 0.233. The van der Waals surface area contributed by atoms with E-state index in [2.05, 4.69) is 42.7 Å². The smallest absolute Gasteiger partial charge is 0.242 e. The average Bonchev–Trinajstić information content (AvgIpc) is 2.76. The number of methoxy groups -OCH3 is 2. The maximum Gasteiger partial charge on any atom is 0.242 e. The molecule has 2 aromatic rings. The second kappa shape index (κ2) is 12.4. The zero-order valence-corrected chi connectivity index (χ0v) is 22.0. The zero-order chi connectivity index (χ0) is 22.4. The Hall–Kier alpha value is -1.10. The predicted molar refractivity (Wildman–Crippen MR) is 132 cm³/mol. The molecular weight excluding hydrogens is 541 g/mol. The van der Waals surface area contributed by atoms with Crippen molar-refractivity contribution in [2.45, 2.75) is 37.1 Å². The highest BCUT2D eigenvalue weighted by atomic mass is 79.9. The molecule has 1 aromatic carbocycles. The molecule has 0 unspecified atom stereocenters. The molecule has 32 heavy (non-hydrogen) atoms. The molecular formula is C21H28BrCl2N3O4S. The molecule has 0 spiro atoms. The Morgan fingerprint density at radius 3 is 2.47 bits per heavy atom. The van der Waals surface area contributed by atoms with Crippen molar-refractivity contribution in [1.82, 2.24) is 14.6 Å². The highest BCUT2D eigenvalue weighted by Crippen LogP contribution is 2.33. The van der Waals surface area contributed by atoms with Gasteiger partial charge in [-0.3, -0.25) is 4.90 Å². The van der Waals surface area contributed by atoms with Gasteiger partial charge in [-0.25, -0.2) is 18.1 Å². The molecule has 1 N–H and O–H groups in total. The van der Waals surface area contributed by atoms with E-state index in [4.69, 9.17) is 21.1 Å². The molecule has 0 atom stereocenters. The first kappa shape index (κ1) is 27.1. The third-order valence-corrected chi connectivity index (χ3v) is 7.88. The summed E-state index contributed by atoms with van der Waals surface area (Å²) in [6.07, 6.45) is 4.98. The third kappa shape index (κ3) is 6.95. The second-order valence-corrected chi connectivity index (χ2v) is 10.4. The van der Waals surface area contributed by atoms with E-state index in [9.17, 15) is 8.42 Å². The number of nitrogens with one attached hydrogen (secondary N) is 1. The van der Waals surface area contributed by atoms with E-state index in [-0.39, 0.29) is 22.5 Å². The molecule has 3 rings (SSSR count). The molecule has 0 saturated carbocycles. The van der Waals surface area contributed by atoms with Crippen LogP contribution in [0.4, 0.5) is 0 Å². The molecule has 0 fully saturated rings. The summed E-state index contributed by atoms with van der Waals surface area (Å²) in [5.41, 5.74) is 2.59. The molecule has 1 aliphatic heterocycles. The number of benzene rings is 1. The number of rotatable bonds is 10. The maximum atomic E-state index is 12.3. The van der Waals surface area contributed by atoms with Crippen LogP contribution in [0.3, 0.4) is 0 Å². The first-order valence-electron chi connectivity index (χ1n) is 10.1. The first-order chi connectivity index (χ1) is 14.8. The molecule has 7 nitrogen and oxygen atoms in total. The van der Waals surface area contributed by atoms with Gasteiger partial charge in [0, 0.05) is 25.8 Å². The Morgan fingerprint density at radius 2 is 1.81 bits per heavy atom. The van der Waals surface area contributed by atoms with E-state index in [1.807, 2.05) is 0 Å². The Morgan fingerprint density at radius 1 is 1.12 bits per heavy atom. The number of unbranched alkanes of at least 4 members (excludes halogenated alkanes) is 2. The first-order valence-corrected chi connectivity index (χ1v) is 12.8. The van der Waals surface area contributed by atoms with Crippen molar-refractivity contribution >= 4 is 50.0 Å². The van der Waals surface area contributed by atoms with Crippen molar-refractivity contribution in [3.05, 3.63) is 45.1 Å². The van der Waals surface area contributed by atoms with Crippen LogP contribution in [0.2, 0.25) is 5.15 Å². The highest BCUT2D eigenvalue weighted by Gasteiger charge is 2.19. The Balaban J connectivity index is 0.00000363. The van der Waals surface area contributed by atoms with Crippen LogP contribution in [0.5, 0.6) is 11.5 Å². The monoisotopic (exact) mass is 567 g/mol. The lowest BCUT2D eigenvalue weighted by atomic mass is 9.98. The summed E-state index contributed by atoms with van der Waals surface area (Å²) in [6, 6.07) is 5.60. The van der Waals surface area contributed by atoms with Crippen molar-refractivity contribution in [3.8, 4) is 11.5 Å². The normalized spacial score (nSPS) is 13.9. The SMILES string of the molecule is COc1cc2c(cc1OC)CN(CCCCCNS(=O)(=O)c1cnc(Cl)c(Br)c1)CC2.Cl. The zero-order valence-electron chi connectivity index (χ0n) is 18.1. The number of pyridine rings is 1. The van der Waals surface area contributed by atoms with Crippen LogP contribution >= 0.6 is 39.9 Å². The summed E-state index contributed by atoms with van der Waals surface area (Å²) >= 11 is 9.02. The van der Waals surface area contributed by atoms with Crippen LogP contribution in [0, 0.1) is 0 Å². The fourth-order valence-electron chi connectivity index (χ4n) is 3.61. The molecule has 178 valence electrons. The van der Waals surface area contributed by atoms with E-state index in [1.165, 1.54) is 23.4 Å². The highest BCUT2D eigenvalue weighted by molar-refractivity contribution is 9.10. The molecule has 1 aromatic heterocycles. The maximum absolute atomic E-state index is 12.3. The van der Waals surface area contributed by atoms with Gasteiger partial charge in [0.25, 0.3) is 0 Å². The van der Waals surface area contributed by atoms with Gasteiger partial charge >= 0.3 is 0 Å². The van der Waals surface area contributed by atoms with E-state index >= 15 is 0 Å². The molecule has 2 heterocycles. The summed E-state index contributed by atoms with van der Waals surface area (Å²) < 4.78 is 38.6. The summed E-state index contributed by atoms with van der Waals surface area (Å²) in [6.45, 7) is 3.27. The number of ether oxygens (including phenoxy) is 2. The van der Waals surface area contributed by atoms with Crippen molar-refractivity contribution in [2.24, 2.45) is 0 Å². The van der Waals surface area contributed by atoms with Crippen LogP contribution in [-0.4, -0.2) is 52.2 Å². The standard InChI is InChI=1S/C21H27BrClN3O4S.ClH/c1-29-19-10-15-6-9-26(14-16(15)11-20(19)30-2)8-5-3-4-7-25-31(27,28)17-12-18(22)21(23)24-13-17;/h10-13,25H,3-9,14H2,1-2H3;1H. The van der Waals surface area contributed by atoms with E-state index < -0.39 is 10.0 Å². The number of sulfonamides is 1. The quantitative estimate of drug-likeness (QED) is 0.337. The summed E-state index contributed by atoms with van der Waals surface area (Å²) in [5.74, 6) is 1.54. The fraction of sp³-hybridized carbons (Fsp3) is 0.476. The van der Waals surface area contributed by atoms with Gasteiger partial charge in [0.1, 0.15) is 10.0 Å². The number of hydrogen-bond acceptors (Lipinski definition) is 6. The molecule has 0 bridgehead atoms. The Labute approximate surface area is 209 Å². The van der Waals surface area contributed by atoms with Gasteiger partial charge in [0.2, 0.25) is 10.0 Å². The van der Waals surface area contributed by atoms with Gasteiger partial charge in [0.15, 0.2) is 11.5 Å². The van der Waals surface area contributed by atoms with Crippen molar-refractivity contribution in [3.63, 3.8) is 0 Å². The topological polar surface area (TPSA) is 80.8 Å². The van der Waals surface area contributed by atoms with Crippen LogP contribution in [0.25, 0.3) is 0 Å². The lowest BCUT2D eigenvalue weighted by Crippen LogP contribution is -2.31. The van der Waals surface area contributed by atoms with Crippen LogP contribution < -0.4 is 14.2 Å². The van der Waals surface area contributed by atoms with E-state index in [0.717, 1.165) is 56.8 Å². The third-order valence-electron chi connectivity index (χ3n) is 5.32. The van der Waals surface area contributed by atoms with E-state index in [1.54, 1.807) is 14.2 Å². The molecule has 0 amide bonds. The minimum Gasteiger partial charge on any atom is -0.493 e. The average molecular weight is 569 g/mol. The molecule has 1 aliphatic rings. The van der Waals surface area contributed by atoms with Gasteiger partial charge in [0.05, 0.1) is 18.7 Å². The van der Waals surface area contributed by atoms with Gasteiger partial charge in [-0.15, -0.1) is 12.4 Å². The molecule has 0 radical (unpaired) electrons. The number of halogens is 3. The second-order valence-electron chi connectivity index (χ2n) is 7.40. The predicted octanol–water partition coefficient (Wildman–Crippen LogP) is 4.44. The molecule has 0 saturated heterocycles. The summed E-state index contributed by atoms with van der Waals surface area (Å²) in [4.78, 5) is 6.40. The lowest BCUT2D eigenvalue weighted by Gasteiger charge is -2.29. The van der Waals surface area contributed by atoms with Crippen molar-refractivity contribution < 1.29 is 17.9 Å².